The number of anilines is 1. The molecule has 0 bridgehead atoms. The summed E-state index contributed by atoms with van der Waals surface area (Å²) in [5, 5.41) is 2.27. The molecule has 33 heavy (non-hydrogen) atoms. The number of rotatable bonds is 7. The normalized spacial score (nSPS) is 11.4. The van der Waals surface area contributed by atoms with Crippen molar-refractivity contribution >= 4 is 11.6 Å². The number of pyridine rings is 1. The molecule has 2 heterocycles. The van der Waals surface area contributed by atoms with Crippen molar-refractivity contribution in [1.82, 2.24) is 14.5 Å². The number of alkyl halides is 5. The van der Waals surface area contributed by atoms with Crippen molar-refractivity contribution < 1.29 is 40.6 Å². The van der Waals surface area contributed by atoms with Crippen molar-refractivity contribution in [3.8, 4) is 17.4 Å². The van der Waals surface area contributed by atoms with Crippen LogP contribution in [0.15, 0.2) is 53.7 Å². The second kappa shape index (κ2) is 9.58. The second-order valence-electron chi connectivity index (χ2n) is 6.20. The van der Waals surface area contributed by atoms with E-state index in [1.54, 1.807) is 0 Å². The Bertz CT molecular complexity index is 1200. The summed E-state index contributed by atoms with van der Waals surface area (Å²) in [4.78, 5) is 32.2. The van der Waals surface area contributed by atoms with Gasteiger partial charge in [0.25, 0.3) is 11.5 Å². The predicted molar refractivity (Wildman–Crippen MR) is 100 cm³/mol. The molecule has 0 saturated heterocycles. The highest BCUT2D eigenvalue weighted by molar-refractivity contribution is 6.03. The summed E-state index contributed by atoms with van der Waals surface area (Å²) in [7, 11) is 0. The zero-order valence-corrected chi connectivity index (χ0v) is 16.1. The highest BCUT2D eigenvalue weighted by Gasteiger charge is 2.29. The Kier molecular flexibility index (Phi) is 6.84. The summed E-state index contributed by atoms with van der Waals surface area (Å²) in [6.45, 7) is -4.88. The number of hydrogen-bond donors (Lipinski definition) is 1. The number of aromatic nitrogens is 3. The molecule has 0 aliphatic heterocycles. The molecule has 0 radical (unpaired) electrons. The van der Waals surface area contributed by atoms with Crippen molar-refractivity contribution in [3.05, 3.63) is 70.7 Å². The molecule has 3 rings (SSSR count). The van der Waals surface area contributed by atoms with E-state index in [1.807, 2.05) is 0 Å². The number of benzene rings is 1. The minimum Gasteiger partial charge on any atom is -0.482 e. The van der Waals surface area contributed by atoms with Crippen LogP contribution in [0.1, 0.15) is 10.4 Å². The third kappa shape index (κ3) is 6.21. The second-order valence-corrected chi connectivity index (χ2v) is 6.20. The van der Waals surface area contributed by atoms with Crippen molar-refractivity contribution in [2.24, 2.45) is 0 Å². The molecule has 1 amide bonds. The number of halogens is 6. The summed E-state index contributed by atoms with van der Waals surface area (Å²) in [5.74, 6) is -2.44. The first-order valence-electron chi connectivity index (χ1n) is 8.83. The Morgan fingerprint density at radius 2 is 1.85 bits per heavy atom. The van der Waals surface area contributed by atoms with Crippen LogP contribution in [-0.2, 0) is 0 Å². The van der Waals surface area contributed by atoms with E-state index < -0.39 is 54.0 Å². The van der Waals surface area contributed by atoms with Crippen molar-refractivity contribution in [2.75, 3.05) is 11.9 Å². The van der Waals surface area contributed by atoms with Gasteiger partial charge in [-0.1, -0.05) is 0 Å². The molecule has 0 atom stereocenters. The maximum atomic E-state index is 13.6. The van der Waals surface area contributed by atoms with Crippen LogP contribution in [0.3, 0.4) is 0 Å². The van der Waals surface area contributed by atoms with Gasteiger partial charge in [-0.05, 0) is 24.3 Å². The van der Waals surface area contributed by atoms with Gasteiger partial charge < -0.3 is 14.8 Å². The number of hydrogen-bond acceptors (Lipinski definition) is 6. The summed E-state index contributed by atoms with van der Waals surface area (Å²) < 4.78 is 84.8. The molecule has 0 saturated carbocycles. The summed E-state index contributed by atoms with van der Waals surface area (Å²) in [6, 6.07) is 4.31. The van der Waals surface area contributed by atoms with Gasteiger partial charge in [0, 0.05) is 12.3 Å². The van der Waals surface area contributed by atoms with Crippen LogP contribution in [-0.4, -0.2) is 39.8 Å². The van der Waals surface area contributed by atoms with Crippen LogP contribution in [0.2, 0.25) is 0 Å². The first kappa shape index (κ1) is 23.6. The van der Waals surface area contributed by atoms with Crippen LogP contribution in [0.5, 0.6) is 11.8 Å². The molecular weight excluding hydrogens is 462 g/mol. The smallest absolute Gasteiger partial charge is 0.422 e. The molecule has 2 aromatic heterocycles. The molecule has 0 aliphatic rings. The Morgan fingerprint density at radius 1 is 1.15 bits per heavy atom. The van der Waals surface area contributed by atoms with Gasteiger partial charge in [-0.2, -0.15) is 22.0 Å². The van der Waals surface area contributed by atoms with Crippen LogP contribution in [0, 0.1) is 5.82 Å². The molecular formula is C19H12F6N4O4. The zero-order valence-electron chi connectivity index (χ0n) is 16.1. The number of carbonyl (C=O) groups excluding carboxylic acids is 1. The van der Waals surface area contributed by atoms with Gasteiger partial charge in [-0.25, -0.2) is 14.4 Å². The zero-order chi connectivity index (χ0) is 24.2. The quantitative estimate of drug-likeness (QED) is 0.527. The first-order chi connectivity index (χ1) is 15.5. The Hall–Kier alpha value is -4.10. The van der Waals surface area contributed by atoms with Crippen LogP contribution >= 0.6 is 0 Å². The molecule has 3 aromatic rings. The highest BCUT2D eigenvalue weighted by atomic mass is 19.4. The summed E-state index contributed by atoms with van der Waals surface area (Å²) in [6.07, 6.45) is -1.67. The predicted octanol–water partition coefficient (Wildman–Crippen LogP) is 3.56. The minimum atomic E-state index is -4.71. The van der Waals surface area contributed by atoms with Crippen LogP contribution in [0.25, 0.3) is 5.69 Å². The fraction of sp³-hybridized carbons (Fsp3) is 0.158. The Balaban J connectivity index is 1.88. The average molecular weight is 474 g/mol. The maximum Gasteiger partial charge on any atom is 0.422 e. The molecule has 14 heteroatoms. The van der Waals surface area contributed by atoms with Gasteiger partial charge in [0.1, 0.15) is 17.1 Å². The highest BCUT2D eigenvalue weighted by Crippen LogP contribution is 2.26. The number of nitrogens with one attached hydrogen (secondary N) is 1. The van der Waals surface area contributed by atoms with Gasteiger partial charge in [-0.3, -0.25) is 14.2 Å². The summed E-state index contributed by atoms with van der Waals surface area (Å²) >= 11 is 0. The third-order valence-corrected chi connectivity index (χ3v) is 3.85. The van der Waals surface area contributed by atoms with Crippen molar-refractivity contribution in [3.63, 3.8) is 0 Å². The van der Waals surface area contributed by atoms with Crippen molar-refractivity contribution in [2.45, 2.75) is 12.8 Å². The lowest BCUT2D eigenvalue weighted by atomic mass is 10.2. The monoisotopic (exact) mass is 474 g/mol. The Labute approximate surface area is 180 Å². The van der Waals surface area contributed by atoms with E-state index in [0.29, 0.717) is 6.07 Å². The minimum absolute atomic E-state index is 0.0626. The largest absolute Gasteiger partial charge is 0.482 e. The van der Waals surface area contributed by atoms with Gasteiger partial charge in [0.2, 0.25) is 0 Å². The third-order valence-electron chi connectivity index (χ3n) is 3.85. The maximum absolute atomic E-state index is 13.6. The fourth-order valence-corrected chi connectivity index (χ4v) is 2.54. The van der Waals surface area contributed by atoms with E-state index in [4.69, 9.17) is 0 Å². The van der Waals surface area contributed by atoms with E-state index in [2.05, 4.69) is 24.8 Å². The SMILES string of the molecule is O=C(Nc1cnc(OC(F)F)nc1)c1cccn(-c2ccc(F)cc2OCC(F)(F)F)c1=O. The van der Waals surface area contributed by atoms with Gasteiger partial charge in [-0.15, -0.1) is 0 Å². The molecule has 0 spiro atoms. The lowest BCUT2D eigenvalue weighted by Crippen LogP contribution is -2.28. The number of ether oxygens (including phenoxy) is 2. The standard InChI is InChI=1S/C19H12F6N4O4/c20-10-3-4-13(14(6-10)32-9-19(23,24)25)29-5-1-2-12(16(29)31)15(30)28-11-7-26-18(27-8-11)33-17(21)22/h1-8,17H,9H2,(H,28,30). The Morgan fingerprint density at radius 3 is 2.48 bits per heavy atom. The van der Waals surface area contributed by atoms with Crippen LogP contribution < -0.4 is 20.3 Å². The average Bonchev–Trinajstić information content (AvgIpc) is 2.73. The van der Waals surface area contributed by atoms with E-state index >= 15 is 0 Å². The number of nitrogens with zero attached hydrogens (tertiary/aromatic N) is 3. The van der Waals surface area contributed by atoms with E-state index in [1.165, 1.54) is 6.07 Å². The molecule has 174 valence electrons. The van der Waals surface area contributed by atoms with E-state index in [0.717, 1.165) is 41.4 Å². The van der Waals surface area contributed by atoms with Gasteiger partial charge in [0.15, 0.2) is 6.61 Å². The topological polar surface area (TPSA) is 95.3 Å². The molecule has 8 nitrogen and oxygen atoms in total. The van der Waals surface area contributed by atoms with E-state index in [9.17, 15) is 35.9 Å². The molecule has 0 unspecified atom stereocenters. The lowest BCUT2D eigenvalue weighted by molar-refractivity contribution is -0.153. The fourth-order valence-electron chi connectivity index (χ4n) is 2.54. The lowest BCUT2D eigenvalue weighted by Gasteiger charge is -2.15. The van der Waals surface area contributed by atoms with Crippen molar-refractivity contribution in [1.29, 1.82) is 0 Å². The molecule has 0 fully saturated rings. The summed E-state index contributed by atoms with van der Waals surface area (Å²) in [5.41, 5.74) is -1.71. The molecule has 1 N–H and O–H groups in total. The molecule has 1 aromatic carbocycles. The van der Waals surface area contributed by atoms with Crippen LogP contribution in [0.4, 0.5) is 32.0 Å². The first-order valence-corrected chi connectivity index (χ1v) is 8.83. The van der Waals surface area contributed by atoms with Gasteiger partial charge in [0.05, 0.1) is 23.8 Å². The molecule has 0 aliphatic carbocycles. The van der Waals surface area contributed by atoms with Gasteiger partial charge >= 0.3 is 18.8 Å². The van der Waals surface area contributed by atoms with E-state index in [-0.39, 0.29) is 11.4 Å². The number of amides is 1. The number of carbonyl (C=O) groups is 1.